The standard InChI is InChI=1S/C15H28O2/c1-4-5-6-7-8-9-14(16)13-10-11-17-15(2,3)12-13/h13H,4-12H2,1-3H3. The molecule has 0 spiro atoms. The van der Waals surface area contributed by atoms with Crippen molar-refractivity contribution in [3.63, 3.8) is 0 Å². The van der Waals surface area contributed by atoms with Gasteiger partial charge in [0.15, 0.2) is 0 Å². The Balaban J connectivity index is 2.18. The fourth-order valence-corrected chi connectivity index (χ4v) is 2.61. The molecule has 1 aliphatic rings. The van der Waals surface area contributed by atoms with Gasteiger partial charge in [-0.15, -0.1) is 0 Å². The average molecular weight is 240 g/mol. The molecule has 0 aromatic carbocycles. The van der Waals surface area contributed by atoms with E-state index in [4.69, 9.17) is 4.74 Å². The molecule has 0 bridgehead atoms. The number of ether oxygens (including phenoxy) is 1. The van der Waals surface area contributed by atoms with Gasteiger partial charge in [-0.2, -0.15) is 0 Å². The van der Waals surface area contributed by atoms with Gasteiger partial charge in [-0.25, -0.2) is 0 Å². The third-order valence-corrected chi connectivity index (χ3v) is 3.68. The molecular formula is C15H28O2. The Morgan fingerprint density at radius 3 is 2.59 bits per heavy atom. The highest BCUT2D eigenvalue weighted by atomic mass is 16.5. The predicted octanol–water partition coefficient (Wildman–Crippen LogP) is 4.12. The topological polar surface area (TPSA) is 26.3 Å². The Bertz CT molecular complexity index is 233. The third-order valence-electron chi connectivity index (χ3n) is 3.68. The number of carbonyl (C=O) groups is 1. The van der Waals surface area contributed by atoms with E-state index in [1.54, 1.807) is 0 Å². The Morgan fingerprint density at radius 1 is 1.24 bits per heavy atom. The molecule has 1 atom stereocenters. The summed E-state index contributed by atoms with van der Waals surface area (Å²) in [6, 6.07) is 0. The zero-order chi connectivity index (χ0) is 12.7. The summed E-state index contributed by atoms with van der Waals surface area (Å²) in [7, 11) is 0. The van der Waals surface area contributed by atoms with Gasteiger partial charge in [-0.05, 0) is 33.1 Å². The second kappa shape index (κ2) is 7.15. The van der Waals surface area contributed by atoms with Crippen LogP contribution in [0.5, 0.6) is 0 Å². The summed E-state index contributed by atoms with van der Waals surface area (Å²) >= 11 is 0. The maximum atomic E-state index is 12.1. The van der Waals surface area contributed by atoms with Crippen LogP contribution in [0.2, 0.25) is 0 Å². The Hall–Kier alpha value is -0.370. The quantitative estimate of drug-likeness (QED) is 0.626. The van der Waals surface area contributed by atoms with Crippen LogP contribution < -0.4 is 0 Å². The van der Waals surface area contributed by atoms with E-state index in [0.29, 0.717) is 5.78 Å². The molecule has 0 aromatic heterocycles. The van der Waals surface area contributed by atoms with Crippen LogP contribution in [-0.4, -0.2) is 18.0 Å². The molecule has 0 N–H and O–H groups in total. The number of unbranched alkanes of at least 4 members (excludes halogenated alkanes) is 4. The molecule has 2 nitrogen and oxygen atoms in total. The van der Waals surface area contributed by atoms with Crippen LogP contribution in [-0.2, 0) is 9.53 Å². The minimum Gasteiger partial charge on any atom is -0.376 e. The number of Topliss-reactive ketones (excluding diaryl/α,β-unsaturated/α-hetero) is 1. The molecule has 1 aliphatic heterocycles. The lowest BCUT2D eigenvalue weighted by atomic mass is 9.84. The first-order valence-electron chi connectivity index (χ1n) is 7.22. The summed E-state index contributed by atoms with van der Waals surface area (Å²) in [5, 5.41) is 0. The lowest BCUT2D eigenvalue weighted by Crippen LogP contribution is -2.37. The summed E-state index contributed by atoms with van der Waals surface area (Å²) in [5.74, 6) is 0.725. The van der Waals surface area contributed by atoms with E-state index in [1.807, 2.05) is 0 Å². The fourth-order valence-electron chi connectivity index (χ4n) is 2.61. The summed E-state index contributed by atoms with van der Waals surface area (Å²) < 4.78 is 5.65. The molecule has 1 heterocycles. The van der Waals surface area contributed by atoms with Crippen molar-refractivity contribution in [3.05, 3.63) is 0 Å². The zero-order valence-corrected chi connectivity index (χ0v) is 11.8. The van der Waals surface area contributed by atoms with Crippen molar-refractivity contribution in [3.8, 4) is 0 Å². The van der Waals surface area contributed by atoms with E-state index < -0.39 is 0 Å². The van der Waals surface area contributed by atoms with Gasteiger partial charge in [-0.1, -0.05) is 32.6 Å². The van der Waals surface area contributed by atoms with Crippen LogP contribution in [0.1, 0.15) is 72.1 Å². The number of rotatable bonds is 7. The minimum atomic E-state index is -0.0964. The van der Waals surface area contributed by atoms with E-state index in [1.165, 1.54) is 25.7 Å². The van der Waals surface area contributed by atoms with E-state index >= 15 is 0 Å². The zero-order valence-electron chi connectivity index (χ0n) is 11.8. The Kier molecular flexibility index (Phi) is 6.18. The highest BCUT2D eigenvalue weighted by molar-refractivity contribution is 5.81. The molecule has 2 heteroatoms. The van der Waals surface area contributed by atoms with Crippen molar-refractivity contribution in [2.45, 2.75) is 77.7 Å². The van der Waals surface area contributed by atoms with E-state index in [0.717, 1.165) is 32.3 Å². The van der Waals surface area contributed by atoms with Crippen molar-refractivity contribution in [2.24, 2.45) is 5.92 Å². The third kappa shape index (κ3) is 5.67. The smallest absolute Gasteiger partial charge is 0.136 e. The average Bonchev–Trinajstić information content (AvgIpc) is 2.27. The maximum Gasteiger partial charge on any atom is 0.136 e. The summed E-state index contributed by atoms with van der Waals surface area (Å²) in [4.78, 5) is 12.1. The van der Waals surface area contributed by atoms with Crippen molar-refractivity contribution >= 4 is 5.78 Å². The van der Waals surface area contributed by atoms with Gasteiger partial charge in [0.05, 0.1) is 5.60 Å². The predicted molar refractivity (Wildman–Crippen MR) is 71.1 cm³/mol. The van der Waals surface area contributed by atoms with Crippen LogP contribution in [0.4, 0.5) is 0 Å². The molecule has 0 aromatic rings. The van der Waals surface area contributed by atoms with Crippen molar-refractivity contribution in [1.82, 2.24) is 0 Å². The Morgan fingerprint density at radius 2 is 1.94 bits per heavy atom. The first kappa shape index (κ1) is 14.7. The van der Waals surface area contributed by atoms with Crippen LogP contribution in [0, 0.1) is 5.92 Å². The molecule has 0 aliphatic carbocycles. The number of carbonyl (C=O) groups excluding carboxylic acids is 1. The lowest BCUT2D eigenvalue weighted by molar-refractivity contribution is -0.133. The highest BCUT2D eigenvalue weighted by Gasteiger charge is 2.32. The molecule has 0 saturated carbocycles. The molecule has 1 saturated heterocycles. The van der Waals surface area contributed by atoms with Gasteiger partial charge in [0.2, 0.25) is 0 Å². The van der Waals surface area contributed by atoms with Crippen molar-refractivity contribution in [1.29, 1.82) is 0 Å². The van der Waals surface area contributed by atoms with Crippen molar-refractivity contribution < 1.29 is 9.53 Å². The van der Waals surface area contributed by atoms with Crippen LogP contribution >= 0.6 is 0 Å². The van der Waals surface area contributed by atoms with Gasteiger partial charge in [-0.3, -0.25) is 4.79 Å². The number of ketones is 1. The largest absolute Gasteiger partial charge is 0.376 e. The lowest BCUT2D eigenvalue weighted by Gasteiger charge is -2.34. The van der Waals surface area contributed by atoms with Crippen molar-refractivity contribution in [2.75, 3.05) is 6.61 Å². The van der Waals surface area contributed by atoms with E-state index in [2.05, 4.69) is 20.8 Å². The number of hydrogen-bond donors (Lipinski definition) is 0. The molecule has 0 radical (unpaired) electrons. The van der Waals surface area contributed by atoms with Crippen LogP contribution in [0.25, 0.3) is 0 Å². The van der Waals surface area contributed by atoms with E-state index in [9.17, 15) is 4.79 Å². The first-order chi connectivity index (χ1) is 8.05. The molecule has 100 valence electrons. The molecule has 17 heavy (non-hydrogen) atoms. The fraction of sp³-hybridized carbons (Fsp3) is 0.933. The SMILES string of the molecule is CCCCCCCC(=O)C1CCOC(C)(C)C1. The summed E-state index contributed by atoms with van der Waals surface area (Å²) in [6.07, 6.45) is 8.76. The van der Waals surface area contributed by atoms with Gasteiger partial charge in [0, 0.05) is 18.9 Å². The van der Waals surface area contributed by atoms with Gasteiger partial charge < -0.3 is 4.74 Å². The second-order valence-corrected chi connectivity index (χ2v) is 5.93. The van der Waals surface area contributed by atoms with Gasteiger partial charge in [0.25, 0.3) is 0 Å². The van der Waals surface area contributed by atoms with Crippen LogP contribution in [0.3, 0.4) is 0 Å². The van der Waals surface area contributed by atoms with Gasteiger partial charge in [0.1, 0.15) is 5.78 Å². The molecule has 1 fully saturated rings. The number of hydrogen-bond acceptors (Lipinski definition) is 2. The second-order valence-electron chi connectivity index (χ2n) is 5.93. The Labute approximate surface area is 106 Å². The van der Waals surface area contributed by atoms with E-state index in [-0.39, 0.29) is 11.5 Å². The minimum absolute atomic E-state index is 0.0964. The molecule has 0 amide bonds. The summed E-state index contributed by atoms with van der Waals surface area (Å²) in [5.41, 5.74) is -0.0964. The molecule has 1 unspecified atom stereocenters. The molecular weight excluding hydrogens is 212 g/mol. The van der Waals surface area contributed by atoms with Crippen LogP contribution in [0.15, 0.2) is 0 Å². The monoisotopic (exact) mass is 240 g/mol. The summed E-state index contributed by atoms with van der Waals surface area (Å²) in [6.45, 7) is 7.15. The maximum absolute atomic E-state index is 12.1. The normalized spacial score (nSPS) is 23.6. The first-order valence-corrected chi connectivity index (χ1v) is 7.22. The van der Waals surface area contributed by atoms with Gasteiger partial charge >= 0.3 is 0 Å². The highest BCUT2D eigenvalue weighted by Crippen LogP contribution is 2.30. The molecule has 1 rings (SSSR count).